The van der Waals surface area contributed by atoms with Gasteiger partial charge in [0.15, 0.2) is 23.6 Å². The second-order valence-corrected chi connectivity index (χ2v) is 6.66. The summed E-state index contributed by atoms with van der Waals surface area (Å²) in [6, 6.07) is 11.7. The number of hydrogen-bond donors (Lipinski definition) is 1. The monoisotopic (exact) mass is 409 g/mol. The third kappa shape index (κ3) is 3.32. The molecule has 0 unspecified atom stereocenters. The minimum absolute atomic E-state index is 0.235. The van der Waals surface area contributed by atoms with E-state index in [4.69, 9.17) is 9.47 Å². The van der Waals surface area contributed by atoms with E-state index in [0.717, 1.165) is 4.90 Å². The Morgan fingerprint density at radius 3 is 2.47 bits per heavy atom. The number of imide groups is 1. The van der Waals surface area contributed by atoms with Gasteiger partial charge in [0.05, 0.1) is 19.9 Å². The lowest BCUT2D eigenvalue weighted by Crippen LogP contribution is -2.43. The van der Waals surface area contributed by atoms with Crippen molar-refractivity contribution in [1.82, 2.24) is 5.01 Å². The summed E-state index contributed by atoms with van der Waals surface area (Å²) in [5, 5.41) is 11.8. The Hall–Kier alpha value is -3.95. The predicted octanol–water partition coefficient (Wildman–Crippen LogP) is 1.64. The van der Waals surface area contributed by atoms with Crippen LogP contribution in [0, 0.1) is 0 Å². The van der Waals surface area contributed by atoms with Crippen molar-refractivity contribution >= 4 is 29.1 Å². The van der Waals surface area contributed by atoms with E-state index in [-0.39, 0.29) is 6.54 Å². The van der Waals surface area contributed by atoms with Crippen LogP contribution in [0.15, 0.2) is 58.9 Å². The van der Waals surface area contributed by atoms with Crippen molar-refractivity contribution in [3.63, 3.8) is 0 Å². The third-order valence-corrected chi connectivity index (χ3v) is 4.85. The number of ether oxygens (including phenoxy) is 2. The molecule has 1 saturated heterocycles. The van der Waals surface area contributed by atoms with Gasteiger partial charge in [0.2, 0.25) is 5.91 Å². The Labute approximate surface area is 172 Å². The first-order chi connectivity index (χ1) is 14.5. The van der Waals surface area contributed by atoms with Crippen molar-refractivity contribution < 1.29 is 23.9 Å². The number of rotatable bonds is 6. The van der Waals surface area contributed by atoms with E-state index in [1.165, 1.54) is 19.2 Å². The molecule has 3 amide bonds. The van der Waals surface area contributed by atoms with Crippen LogP contribution in [0.2, 0.25) is 0 Å². The zero-order valence-corrected chi connectivity index (χ0v) is 16.3. The molecule has 1 fully saturated rings. The van der Waals surface area contributed by atoms with Crippen LogP contribution < -0.4 is 19.7 Å². The maximum atomic E-state index is 12.9. The Bertz CT molecular complexity index is 1030. The standard InChI is InChI=1S/C20H19N5O5/c1-29-14-9-8-12(10-15(14)30-2)21-16(26)11-24-18-17(22-23-24)19(27)25(20(18)28)13-6-4-3-5-7-13/h3-10,17-18H,11H2,1-2H3,(H,21,26)/t17-,18-/m1/s1. The summed E-state index contributed by atoms with van der Waals surface area (Å²) < 4.78 is 10.4. The van der Waals surface area contributed by atoms with Crippen LogP contribution in [0.25, 0.3) is 0 Å². The molecule has 10 nitrogen and oxygen atoms in total. The van der Waals surface area contributed by atoms with E-state index in [1.54, 1.807) is 48.5 Å². The molecule has 0 aliphatic carbocycles. The molecule has 10 heteroatoms. The van der Waals surface area contributed by atoms with Gasteiger partial charge in [-0.1, -0.05) is 23.4 Å². The Morgan fingerprint density at radius 1 is 1.03 bits per heavy atom. The van der Waals surface area contributed by atoms with Crippen molar-refractivity contribution in [1.29, 1.82) is 0 Å². The van der Waals surface area contributed by atoms with Gasteiger partial charge < -0.3 is 14.8 Å². The lowest BCUT2D eigenvalue weighted by molar-refractivity contribution is -0.123. The first-order valence-corrected chi connectivity index (χ1v) is 9.15. The Balaban J connectivity index is 1.46. The second-order valence-electron chi connectivity index (χ2n) is 6.66. The molecular formula is C20H19N5O5. The van der Waals surface area contributed by atoms with E-state index in [1.807, 2.05) is 0 Å². The summed E-state index contributed by atoms with van der Waals surface area (Å²) in [6.07, 6.45) is 0. The SMILES string of the molecule is COc1ccc(NC(=O)CN2N=N[C@H]3C(=O)N(c4ccccc4)C(=O)[C@@H]32)cc1OC. The van der Waals surface area contributed by atoms with Gasteiger partial charge in [-0.2, -0.15) is 5.11 Å². The van der Waals surface area contributed by atoms with Gasteiger partial charge in [-0.15, -0.1) is 0 Å². The quantitative estimate of drug-likeness (QED) is 0.726. The van der Waals surface area contributed by atoms with E-state index in [2.05, 4.69) is 15.7 Å². The highest BCUT2D eigenvalue weighted by Crippen LogP contribution is 2.32. The first-order valence-electron chi connectivity index (χ1n) is 9.15. The van der Waals surface area contributed by atoms with Gasteiger partial charge >= 0.3 is 0 Å². The normalized spacial score (nSPS) is 19.8. The number of carbonyl (C=O) groups excluding carboxylic acids is 3. The van der Waals surface area contributed by atoms with Gasteiger partial charge in [-0.05, 0) is 24.3 Å². The first kappa shape index (κ1) is 19.4. The number of fused-ring (bicyclic) bond motifs is 1. The maximum absolute atomic E-state index is 12.9. The number of anilines is 2. The van der Waals surface area contributed by atoms with Crippen LogP contribution in [0.4, 0.5) is 11.4 Å². The highest BCUT2D eigenvalue weighted by atomic mass is 16.5. The van der Waals surface area contributed by atoms with E-state index >= 15 is 0 Å². The zero-order chi connectivity index (χ0) is 21.3. The number of para-hydroxylation sites is 1. The highest BCUT2D eigenvalue weighted by molar-refractivity contribution is 6.25. The van der Waals surface area contributed by atoms with Crippen LogP contribution in [0.5, 0.6) is 11.5 Å². The topological polar surface area (TPSA) is 113 Å². The number of nitrogens with one attached hydrogen (secondary N) is 1. The summed E-state index contributed by atoms with van der Waals surface area (Å²) in [7, 11) is 3.01. The number of methoxy groups -OCH3 is 2. The molecule has 2 aromatic carbocycles. The molecule has 0 saturated carbocycles. The molecule has 30 heavy (non-hydrogen) atoms. The molecule has 0 radical (unpaired) electrons. The van der Waals surface area contributed by atoms with Crippen LogP contribution >= 0.6 is 0 Å². The number of carbonyl (C=O) groups is 3. The van der Waals surface area contributed by atoms with Crippen LogP contribution in [0.1, 0.15) is 0 Å². The number of amides is 3. The molecular weight excluding hydrogens is 390 g/mol. The van der Waals surface area contributed by atoms with E-state index < -0.39 is 29.8 Å². The van der Waals surface area contributed by atoms with Gasteiger partial charge in [-0.3, -0.25) is 19.4 Å². The van der Waals surface area contributed by atoms with E-state index in [9.17, 15) is 14.4 Å². The summed E-state index contributed by atoms with van der Waals surface area (Å²) in [4.78, 5) is 39.1. The van der Waals surface area contributed by atoms with E-state index in [0.29, 0.717) is 22.9 Å². The second kappa shape index (κ2) is 7.82. The fourth-order valence-electron chi connectivity index (χ4n) is 3.45. The van der Waals surface area contributed by atoms with Crippen molar-refractivity contribution in [3.05, 3.63) is 48.5 Å². The molecule has 1 N–H and O–H groups in total. The molecule has 4 rings (SSSR count). The molecule has 2 atom stereocenters. The van der Waals surface area contributed by atoms with Gasteiger partial charge in [0, 0.05) is 11.8 Å². The smallest absolute Gasteiger partial charge is 0.263 e. The summed E-state index contributed by atoms with van der Waals surface area (Å²) in [5.41, 5.74) is 0.955. The summed E-state index contributed by atoms with van der Waals surface area (Å²) in [5.74, 6) is -0.336. The molecule has 0 bridgehead atoms. The molecule has 0 spiro atoms. The maximum Gasteiger partial charge on any atom is 0.263 e. The van der Waals surface area contributed by atoms with Gasteiger partial charge in [0.1, 0.15) is 6.54 Å². The Kier molecular flexibility index (Phi) is 5.05. The minimum atomic E-state index is -0.952. The van der Waals surface area contributed by atoms with Gasteiger partial charge in [-0.25, -0.2) is 4.90 Å². The largest absolute Gasteiger partial charge is 0.493 e. The fourth-order valence-corrected chi connectivity index (χ4v) is 3.45. The zero-order valence-electron chi connectivity index (χ0n) is 16.3. The van der Waals surface area contributed by atoms with Crippen LogP contribution in [-0.2, 0) is 14.4 Å². The molecule has 2 aromatic rings. The van der Waals surface area contributed by atoms with Crippen molar-refractivity contribution in [2.75, 3.05) is 31.0 Å². The number of hydrogen-bond acceptors (Lipinski definition) is 8. The average molecular weight is 409 g/mol. The third-order valence-electron chi connectivity index (χ3n) is 4.85. The van der Waals surface area contributed by atoms with Crippen molar-refractivity contribution in [2.24, 2.45) is 10.3 Å². The van der Waals surface area contributed by atoms with Crippen molar-refractivity contribution in [2.45, 2.75) is 12.1 Å². The number of benzene rings is 2. The Morgan fingerprint density at radius 2 is 1.77 bits per heavy atom. The lowest BCUT2D eigenvalue weighted by Gasteiger charge is -2.20. The average Bonchev–Trinajstić information content (AvgIpc) is 3.28. The minimum Gasteiger partial charge on any atom is -0.493 e. The van der Waals surface area contributed by atoms with Crippen LogP contribution in [-0.4, -0.2) is 55.6 Å². The van der Waals surface area contributed by atoms with Gasteiger partial charge in [0.25, 0.3) is 11.8 Å². The van der Waals surface area contributed by atoms with Crippen LogP contribution in [0.3, 0.4) is 0 Å². The molecule has 2 heterocycles. The molecule has 2 aliphatic heterocycles. The van der Waals surface area contributed by atoms with Crippen molar-refractivity contribution in [3.8, 4) is 11.5 Å². The fraction of sp³-hybridized carbons (Fsp3) is 0.250. The lowest BCUT2D eigenvalue weighted by atomic mass is 10.1. The molecule has 2 aliphatic rings. The molecule has 0 aromatic heterocycles. The predicted molar refractivity (Wildman–Crippen MR) is 106 cm³/mol. The molecule has 154 valence electrons. The summed E-state index contributed by atoms with van der Waals surface area (Å²) in [6.45, 7) is -0.235. The number of nitrogens with zero attached hydrogens (tertiary/aromatic N) is 4. The highest BCUT2D eigenvalue weighted by Gasteiger charge is 2.55. The summed E-state index contributed by atoms with van der Waals surface area (Å²) >= 11 is 0.